The monoisotopic (exact) mass is 410 g/mol. The minimum absolute atomic E-state index is 0.249. The van der Waals surface area contributed by atoms with E-state index in [1.54, 1.807) is 31.4 Å². The van der Waals surface area contributed by atoms with Crippen LogP contribution in [-0.4, -0.2) is 33.6 Å². The fraction of sp³-hybridized carbons (Fsp3) is 0.348. The van der Waals surface area contributed by atoms with Gasteiger partial charge >= 0.3 is 0 Å². The molecule has 0 saturated carbocycles. The van der Waals surface area contributed by atoms with Crippen LogP contribution in [0.1, 0.15) is 25.3 Å². The number of sulfone groups is 1. The molecule has 2 aromatic carbocycles. The topological polar surface area (TPSA) is 59.5 Å². The summed E-state index contributed by atoms with van der Waals surface area (Å²) in [7, 11) is -2.16. The summed E-state index contributed by atoms with van der Waals surface area (Å²) in [5.74, 6) is 1.28. The van der Waals surface area contributed by atoms with Crippen LogP contribution in [0.5, 0.6) is 5.75 Å². The molecular weight excluding hydrogens is 384 g/mol. The van der Waals surface area contributed by atoms with E-state index in [4.69, 9.17) is 4.74 Å². The molecule has 5 nitrogen and oxygen atoms in total. The van der Waals surface area contributed by atoms with Crippen LogP contribution in [-0.2, 0) is 9.84 Å². The molecule has 4 rings (SSSR count). The predicted molar refractivity (Wildman–Crippen MR) is 116 cm³/mol. The van der Waals surface area contributed by atoms with E-state index in [-0.39, 0.29) is 9.79 Å². The minimum atomic E-state index is -3.72. The first kappa shape index (κ1) is 19.7. The van der Waals surface area contributed by atoms with Crippen molar-refractivity contribution >= 4 is 26.4 Å². The van der Waals surface area contributed by atoms with Gasteiger partial charge in [0.1, 0.15) is 10.6 Å². The van der Waals surface area contributed by atoms with Crippen LogP contribution in [0.4, 0.5) is 5.69 Å². The standard InChI is InChI=1S/C23H26N2O3S/c1-16-10-12-25(13-11-16)23-20-14-17(2)4-9-21(20)24-15-22(23)29(26,27)19-7-5-18(28-3)6-8-19/h4-9,14-16H,10-13H2,1-3H3. The maximum Gasteiger partial charge on any atom is 0.210 e. The van der Waals surface area contributed by atoms with Crippen molar-refractivity contribution in [2.75, 3.05) is 25.1 Å². The zero-order chi connectivity index (χ0) is 20.6. The third-order valence-electron chi connectivity index (χ3n) is 5.72. The van der Waals surface area contributed by atoms with Gasteiger partial charge in [0.05, 0.1) is 23.2 Å². The van der Waals surface area contributed by atoms with Gasteiger partial charge in [-0.25, -0.2) is 8.42 Å². The minimum Gasteiger partial charge on any atom is -0.497 e. The molecule has 6 heteroatoms. The molecule has 1 saturated heterocycles. The summed E-state index contributed by atoms with van der Waals surface area (Å²) < 4.78 is 32.3. The number of hydrogen-bond acceptors (Lipinski definition) is 5. The Balaban J connectivity index is 1.92. The van der Waals surface area contributed by atoms with Crippen LogP contribution in [0, 0.1) is 12.8 Å². The highest BCUT2D eigenvalue weighted by molar-refractivity contribution is 7.91. The van der Waals surface area contributed by atoms with E-state index in [1.807, 2.05) is 25.1 Å². The lowest BCUT2D eigenvalue weighted by atomic mass is 9.98. The lowest BCUT2D eigenvalue weighted by molar-refractivity contribution is 0.414. The summed E-state index contributed by atoms with van der Waals surface area (Å²) in [6.07, 6.45) is 3.62. The molecule has 1 aromatic heterocycles. The summed E-state index contributed by atoms with van der Waals surface area (Å²) in [5.41, 5.74) is 2.68. The zero-order valence-electron chi connectivity index (χ0n) is 17.1. The first-order valence-electron chi connectivity index (χ1n) is 9.93. The molecule has 0 unspecified atom stereocenters. The Hall–Kier alpha value is -2.60. The number of anilines is 1. The van der Waals surface area contributed by atoms with E-state index >= 15 is 0 Å². The van der Waals surface area contributed by atoms with Gasteiger partial charge in [0.25, 0.3) is 0 Å². The van der Waals surface area contributed by atoms with E-state index in [1.165, 1.54) is 6.20 Å². The number of ether oxygens (including phenoxy) is 1. The second-order valence-electron chi connectivity index (χ2n) is 7.84. The molecule has 29 heavy (non-hydrogen) atoms. The van der Waals surface area contributed by atoms with Gasteiger partial charge in [0, 0.05) is 24.7 Å². The maximum absolute atomic E-state index is 13.6. The molecule has 0 N–H and O–H groups in total. The number of pyridine rings is 1. The number of benzene rings is 2. The molecular formula is C23H26N2O3S. The Morgan fingerprint density at radius 3 is 2.41 bits per heavy atom. The van der Waals surface area contributed by atoms with E-state index in [2.05, 4.69) is 16.8 Å². The molecule has 1 aliphatic heterocycles. The van der Waals surface area contributed by atoms with Crippen LogP contribution >= 0.6 is 0 Å². The third-order valence-corrected chi connectivity index (χ3v) is 7.49. The Labute approximate surface area is 172 Å². The number of piperidine rings is 1. The Kier molecular flexibility index (Phi) is 5.21. The quantitative estimate of drug-likeness (QED) is 0.628. The van der Waals surface area contributed by atoms with Gasteiger partial charge < -0.3 is 9.64 Å². The lowest BCUT2D eigenvalue weighted by Crippen LogP contribution is -2.34. The summed E-state index contributed by atoms with van der Waals surface area (Å²) in [4.78, 5) is 7.23. The Morgan fingerprint density at radius 1 is 1.07 bits per heavy atom. The Bertz CT molecular complexity index is 1130. The highest BCUT2D eigenvalue weighted by atomic mass is 32.2. The summed E-state index contributed by atoms with van der Waals surface area (Å²) in [6, 6.07) is 12.6. The van der Waals surface area contributed by atoms with E-state index in [9.17, 15) is 8.42 Å². The van der Waals surface area contributed by atoms with E-state index in [0.29, 0.717) is 11.7 Å². The molecule has 0 aliphatic carbocycles. The highest BCUT2D eigenvalue weighted by Gasteiger charge is 2.28. The molecule has 0 bridgehead atoms. The average molecular weight is 411 g/mol. The van der Waals surface area contributed by atoms with Crippen LogP contribution in [0.2, 0.25) is 0 Å². The first-order valence-corrected chi connectivity index (χ1v) is 11.4. The summed E-state index contributed by atoms with van der Waals surface area (Å²) >= 11 is 0. The van der Waals surface area contributed by atoms with Gasteiger partial charge in [0.2, 0.25) is 9.84 Å². The molecule has 1 fully saturated rings. The van der Waals surface area contributed by atoms with Crippen molar-refractivity contribution in [3.63, 3.8) is 0 Å². The van der Waals surface area contributed by atoms with Crippen molar-refractivity contribution in [2.45, 2.75) is 36.5 Å². The van der Waals surface area contributed by atoms with E-state index < -0.39 is 9.84 Å². The normalized spacial score (nSPS) is 15.6. The van der Waals surface area contributed by atoms with Crippen LogP contribution < -0.4 is 9.64 Å². The van der Waals surface area contributed by atoms with Crippen LogP contribution in [0.3, 0.4) is 0 Å². The second kappa shape index (κ2) is 7.67. The molecule has 1 aliphatic rings. The number of aromatic nitrogens is 1. The van der Waals surface area contributed by atoms with Crippen molar-refractivity contribution in [1.82, 2.24) is 4.98 Å². The molecule has 0 atom stereocenters. The number of nitrogens with zero attached hydrogens (tertiary/aromatic N) is 2. The van der Waals surface area contributed by atoms with Gasteiger partial charge in [-0.05, 0) is 62.1 Å². The molecule has 152 valence electrons. The smallest absolute Gasteiger partial charge is 0.210 e. The van der Waals surface area contributed by atoms with Crippen molar-refractivity contribution in [3.8, 4) is 5.75 Å². The van der Waals surface area contributed by atoms with Gasteiger partial charge in [-0.2, -0.15) is 0 Å². The highest BCUT2D eigenvalue weighted by Crippen LogP contribution is 2.38. The fourth-order valence-electron chi connectivity index (χ4n) is 3.91. The second-order valence-corrected chi connectivity index (χ2v) is 9.76. The van der Waals surface area contributed by atoms with E-state index in [0.717, 1.165) is 48.1 Å². The third kappa shape index (κ3) is 3.69. The van der Waals surface area contributed by atoms with Crippen LogP contribution in [0.15, 0.2) is 58.5 Å². The van der Waals surface area contributed by atoms with Crippen molar-refractivity contribution in [3.05, 3.63) is 54.2 Å². The molecule has 2 heterocycles. The number of rotatable bonds is 4. The number of hydrogen-bond donors (Lipinski definition) is 0. The van der Waals surface area contributed by atoms with Gasteiger partial charge in [-0.1, -0.05) is 18.6 Å². The molecule has 0 spiro atoms. The van der Waals surface area contributed by atoms with Crippen molar-refractivity contribution in [2.24, 2.45) is 5.92 Å². The maximum atomic E-state index is 13.6. The lowest BCUT2D eigenvalue weighted by Gasteiger charge is -2.34. The largest absolute Gasteiger partial charge is 0.497 e. The SMILES string of the molecule is COc1ccc(S(=O)(=O)c2cnc3ccc(C)cc3c2N2CCC(C)CC2)cc1. The first-order chi connectivity index (χ1) is 13.9. The van der Waals surface area contributed by atoms with Crippen molar-refractivity contribution in [1.29, 1.82) is 0 Å². The Morgan fingerprint density at radius 2 is 1.76 bits per heavy atom. The van der Waals surface area contributed by atoms with Gasteiger partial charge in [-0.15, -0.1) is 0 Å². The molecule has 0 amide bonds. The number of fused-ring (bicyclic) bond motifs is 1. The molecule has 0 radical (unpaired) electrons. The van der Waals surface area contributed by atoms with Crippen LogP contribution in [0.25, 0.3) is 10.9 Å². The summed E-state index contributed by atoms with van der Waals surface area (Å²) in [5, 5.41) is 0.897. The fourth-order valence-corrected chi connectivity index (χ4v) is 5.34. The predicted octanol–water partition coefficient (Wildman–Crippen LogP) is 4.62. The number of aryl methyl sites for hydroxylation is 1. The molecule has 3 aromatic rings. The summed E-state index contributed by atoms with van der Waals surface area (Å²) in [6.45, 7) is 5.96. The van der Waals surface area contributed by atoms with Gasteiger partial charge in [-0.3, -0.25) is 4.98 Å². The number of methoxy groups -OCH3 is 1. The zero-order valence-corrected chi connectivity index (χ0v) is 17.9. The van der Waals surface area contributed by atoms with Crippen molar-refractivity contribution < 1.29 is 13.2 Å². The van der Waals surface area contributed by atoms with Gasteiger partial charge in [0.15, 0.2) is 0 Å². The average Bonchev–Trinajstić information content (AvgIpc) is 2.73.